The molecule has 59 heavy (non-hydrogen) atoms. The second kappa shape index (κ2) is 15.8. The Hall–Kier alpha value is -2.82. The van der Waals surface area contributed by atoms with Crippen molar-refractivity contribution < 1.29 is 34.1 Å². The Morgan fingerprint density at radius 1 is 0.949 bits per heavy atom. The standard InChI is InChI=1S/C48H72ClN3O7/c1-28(2)40-33(53)23-48(36(54)26-52(38(55)27-51(11)12)29(3)32-15-13-30(49)25-50-32)22-21-46(9)31(41(40)48)14-16-35-45(8)19-18-37(59-39(56)24-43(4,5)42(57)58)44(6,7)34(45)17-20-47(35,46)10/h13,15,25,28-29,31,34-37,54H,14,16-24,26-27H2,1-12H3,(H,57,58)/t29-,31+,34-,35?,36-,37-,45-,46+,47+,48-/m0/s1. The number of esters is 1. The van der Waals surface area contributed by atoms with E-state index in [2.05, 4.69) is 53.5 Å². The third-order valence-corrected chi connectivity index (χ3v) is 17.5. The zero-order chi connectivity index (χ0) is 43.8. The second-order valence-electron chi connectivity index (χ2n) is 21.9. The van der Waals surface area contributed by atoms with Crippen molar-refractivity contribution in [3.8, 4) is 0 Å². The van der Waals surface area contributed by atoms with Crippen molar-refractivity contribution in [2.75, 3.05) is 27.2 Å². The summed E-state index contributed by atoms with van der Waals surface area (Å²) in [5.74, 6) is -0.546. The average Bonchev–Trinajstić information content (AvgIpc) is 3.44. The van der Waals surface area contributed by atoms with E-state index in [0.717, 1.165) is 50.5 Å². The van der Waals surface area contributed by atoms with Gasteiger partial charge in [0.05, 0.1) is 41.2 Å². The van der Waals surface area contributed by atoms with Crippen LogP contribution in [0.15, 0.2) is 29.5 Å². The maximum absolute atomic E-state index is 14.4. The molecule has 1 unspecified atom stereocenters. The summed E-state index contributed by atoms with van der Waals surface area (Å²) in [6.07, 6.45) is 7.67. The number of fused-ring (bicyclic) bond motifs is 7. The minimum absolute atomic E-state index is 0.00165. The Labute approximate surface area is 358 Å². The van der Waals surface area contributed by atoms with Crippen molar-refractivity contribution in [2.24, 2.45) is 56.2 Å². The Balaban J connectivity index is 1.31. The zero-order valence-corrected chi connectivity index (χ0v) is 38.7. The summed E-state index contributed by atoms with van der Waals surface area (Å²) in [4.78, 5) is 61.5. The van der Waals surface area contributed by atoms with Crippen LogP contribution in [0.3, 0.4) is 0 Å². The number of carboxylic acid groups (broad SMARTS) is 1. The third kappa shape index (κ3) is 7.51. The highest BCUT2D eigenvalue weighted by Gasteiger charge is 2.71. The zero-order valence-electron chi connectivity index (χ0n) is 37.9. The van der Waals surface area contributed by atoms with Crippen LogP contribution in [0.1, 0.15) is 145 Å². The molecule has 328 valence electrons. The number of amides is 1. The van der Waals surface area contributed by atoms with Gasteiger partial charge in [-0.3, -0.25) is 24.2 Å². The van der Waals surface area contributed by atoms with Crippen LogP contribution < -0.4 is 0 Å². The van der Waals surface area contributed by atoms with E-state index in [-0.39, 0.29) is 77.2 Å². The predicted molar refractivity (Wildman–Crippen MR) is 229 cm³/mol. The van der Waals surface area contributed by atoms with Crippen LogP contribution in [-0.4, -0.2) is 88.0 Å². The topological polar surface area (TPSA) is 137 Å². The van der Waals surface area contributed by atoms with Crippen molar-refractivity contribution in [2.45, 2.75) is 152 Å². The van der Waals surface area contributed by atoms with Gasteiger partial charge in [-0.15, -0.1) is 0 Å². The molecule has 1 heterocycles. The van der Waals surface area contributed by atoms with E-state index in [1.807, 2.05) is 32.0 Å². The van der Waals surface area contributed by atoms with Gasteiger partial charge in [0.25, 0.3) is 0 Å². The number of aliphatic carboxylic acids is 1. The molecule has 5 aliphatic carbocycles. The number of halogens is 1. The van der Waals surface area contributed by atoms with Crippen LogP contribution >= 0.6 is 11.6 Å². The van der Waals surface area contributed by atoms with Gasteiger partial charge in [0.15, 0.2) is 5.78 Å². The lowest BCUT2D eigenvalue weighted by Crippen LogP contribution is -2.66. The van der Waals surface area contributed by atoms with Gasteiger partial charge < -0.3 is 24.7 Å². The molecule has 5 aliphatic rings. The number of Topliss-reactive ketones (excluding diaryl/α,β-unsaturated/α-hetero) is 1. The molecule has 0 radical (unpaired) electrons. The number of nitrogens with zero attached hydrogens (tertiary/aromatic N) is 3. The van der Waals surface area contributed by atoms with Crippen LogP contribution in [0, 0.1) is 56.2 Å². The van der Waals surface area contributed by atoms with E-state index < -0.39 is 34.9 Å². The molecule has 0 aliphatic heterocycles. The molecule has 0 aromatic carbocycles. The summed E-state index contributed by atoms with van der Waals surface area (Å²) in [5, 5.41) is 22.9. The molecule has 0 spiro atoms. The van der Waals surface area contributed by atoms with Crippen LogP contribution in [0.25, 0.3) is 0 Å². The number of allylic oxidation sites excluding steroid dienone is 1. The van der Waals surface area contributed by atoms with E-state index in [4.69, 9.17) is 16.3 Å². The molecule has 1 aromatic rings. The smallest absolute Gasteiger partial charge is 0.309 e. The number of hydrogen-bond donors (Lipinski definition) is 2. The molecular formula is C48H72ClN3O7. The average molecular weight is 839 g/mol. The Bertz CT molecular complexity index is 1860. The number of pyridine rings is 1. The van der Waals surface area contributed by atoms with Gasteiger partial charge in [-0.2, -0.15) is 0 Å². The monoisotopic (exact) mass is 838 g/mol. The fraction of sp³-hybridized carbons (Fsp3) is 0.771. The molecule has 11 heteroatoms. The number of ketones is 1. The molecular weight excluding hydrogens is 766 g/mol. The highest BCUT2D eigenvalue weighted by atomic mass is 35.5. The number of aliphatic hydroxyl groups is 1. The summed E-state index contributed by atoms with van der Waals surface area (Å²) < 4.78 is 6.18. The Morgan fingerprint density at radius 2 is 1.63 bits per heavy atom. The summed E-state index contributed by atoms with van der Waals surface area (Å²) in [7, 11) is 3.73. The molecule has 0 bridgehead atoms. The van der Waals surface area contributed by atoms with Crippen molar-refractivity contribution in [1.29, 1.82) is 0 Å². The first-order valence-corrected chi connectivity index (χ1v) is 22.6. The molecule has 6 rings (SSSR count). The molecule has 0 saturated heterocycles. The van der Waals surface area contributed by atoms with Gasteiger partial charge in [0.1, 0.15) is 6.10 Å². The summed E-state index contributed by atoms with van der Waals surface area (Å²) in [6, 6.07) is 3.19. The third-order valence-electron chi connectivity index (χ3n) is 17.3. The first kappa shape index (κ1) is 45.7. The van der Waals surface area contributed by atoms with E-state index in [1.165, 1.54) is 5.57 Å². The molecule has 1 aromatic heterocycles. The number of ether oxygens (including phenoxy) is 1. The lowest BCUT2D eigenvalue weighted by molar-refractivity contribution is -0.235. The molecule has 4 saturated carbocycles. The number of carboxylic acids is 1. The van der Waals surface area contributed by atoms with Gasteiger partial charge in [-0.05, 0) is 144 Å². The van der Waals surface area contributed by atoms with Gasteiger partial charge >= 0.3 is 11.9 Å². The number of aliphatic hydroxyl groups excluding tert-OH is 1. The van der Waals surface area contributed by atoms with Gasteiger partial charge in [-0.25, -0.2) is 0 Å². The van der Waals surface area contributed by atoms with Crippen molar-refractivity contribution >= 4 is 35.2 Å². The van der Waals surface area contributed by atoms with Gasteiger partial charge in [-0.1, -0.05) is 65.6 Å². The number of rotatable bonds is 12. The number of hydrogen-bond acceptors (Lipinski definition) is 8. The van der Waals surface area contributed by atoms with E-state index in [9.17, 15) is 29.4 Å². The molecule has 10 atom stereocenters. The first-order chi connectivity index (χ1) is 27.3. The van der Waals surface area contributed by atoms with E-state index in [1.54, 1.807) is 31.0 Å². The van der Waals surface area contributed by atoms with Gasteiger partial charge in [0, 0.05) is 30.0 Å². The highest BCUT2D eigenvalue weighted by molar-refractivity contribution is 6.30. The van der Waals surface area contributed by atoms with E-state index in [0.29, 0.717) is 29.0 Å². The summed E-state index contributed by atoms with van der Waals surface area (Å²) >= 11 is 6.19. The van der Waals surface area contributed by atoms with Crippen molar-refractivity contribution in [1.82, 2.24) is 14.8 Å². The molecule has 4 fully saturated rings. The number of aromatic nitrogens is 1. The van der Waals surface area contributed by atoms with Crippen LogP contribution in [0.2, 0.25) is 5.02 Å². The van der Waals surface area contributed by atoms with Crippen LogP contribution in [-0.2, 0) is 23.9 Å². The van der Waals surface area contributed by atoms with E-state index >= 15 is 0 Å². The Morgan fingerprint density at radius 3 is 2.22 bits per heavy atom. The molecule has 2 N–H and O–H groups in total. The minimum atomic E-state index is -1.19. The number of carbonyl (C=O) groups excluding carboxylic acids is 3. The summed E-state index contributed by atoms with van der Waals surface area (Å²) in [5.41, 5.74) is 0.367. The Kier molecular flexibility index (Phi) is 12.3. The largest absolute Gasteiger partial charge is 0.481 e. The fourth-order valence-corrected chi connectivity index (χ4v) is 14.0. The van der Waals surface area contributed by atoms with Crippen LogP contribution in [0.4, 0.5) is 0 Å². The normalized spacial score (nSPS) is 35.0. The van der Waals surface area contributed by atoms with Gasteiger partial charge in [0.2, 0.25) is 5.91 Å². The maximum Gasteiger partial charge on any atom is 0.309 e. The lowest BCUT2D eigenvalue weighted by atomic mass is 9.33. The SMILES string of the molecule is CC(C)C1=C2[C@H]3CCC4[C@@]5(C)CC[C@H](OC(=O)CC(C)(C)C(=O)O)C(C)(C)[C@@H]5CC[C@@]4(C)[C@]3(C)CC[C@@]2([C@@H](O)CN(C(=O)CN(C)C)[C@@H](C)c2ccc(Cl)cn2)CC1=O. The quantitative estimate of drug-likeness (QED) is 0.198. The predicted octanol–water partition coefficient (Wildman–Crippen LogP) is 8.94. The minimum Gasteiger partial charge on any atom is -0.481 e. The van der Waals surface area contributed by atoms with Crippen LogP contribution in [0.5, 0.6) is 0 Å². The fourth-order valence-electron chi connectivity index (χ4n) is 13.9. The summed E-state index contributed by atoms with van der Waals surface area (Å²) in [6.45, 7) is 21.6. The number of carbonyl (C=O) groups is 4. The highest BCUT2D eigenvalue weighted by Crippen LogP contribution is 2.77. The first-order valence-electron chi connectivity index (χ1n) is 22.2. The molecule has 10 nitrogen and oxygen atoms in total. The lowest BCUT2D eigenvalue weighted by Gasteiger charge is -2.72. The van der Waals surface area contributed by atoms with Crippen molar-refractivity contribution in [3.63, 3.8) is 0 Å². The number of likely N-dealkylation sites (N-methyl/N-ethyl adjacent to an activating group) is 1. The second-order valence-corrected chi connectivity index (χ2v) is 22.4. The maximum atomic E-state index is 14.4. The van der Waals surface area contributed by atoms with Crippen molar-refractivity contribution in [3.05, 3.63) is 40.2 Å². The molecule has 1 amide bonds.